The van der Waals surface area contributed by atoms with Crippen LogP contribution in [-0.2, 0) is 28.4 Å². The molecule has 1 unspecified atom stereocenters. The molecule has 0 aromatic heterocycles. The van der Waals surface area contributed by atoms with Crippen molar-refractivity contribution in [3.8, 4) is 0 Å². The van der Waals surface area contributed by atoms with Gasteiger partial charge in [0.2, 0.25) is 0 Å². The minimum atomic E-state index is -1.02. The van der Waals surface area contributed by atoms with Crippen LogP contribution in [0.25, 0.3) is 0 Å². The van der Waals surface area contributed by atoms with Gasteiger partial charge in [0, 0.05) is 12.1 Å². The Hall–Kier alpha value is -2.71. The molecule has 4 rings (SSSR count). The normalized spacial score (nSPS) is 32.4. The fourth-order valence-corrected chi connectivity index (χ4v) is 3.93. The van der Waals surface area contributed by atoms with Crippen molar-refractivity contribution >= 4 is 17.3 Å². The van der Waals surface area contributed by atoms with Crippen molar-refractivity contribution < 1.29 is 43.1 Å². The summed E-state index contributed by atoms with van der Waals surface area (Å²) in [6.07, 6.45) is -4.10. The van der Waals surface area contributed by atoms with Crippen LogP contribution in [0.15, 0.2) is 18.2 Å². The molecule has 1 aromatic rings. The molecule has 3 heterocycles. The summed E-state index contributed by atoms with van der Waals surface area (Å²) in [5.74, 6) is -2.88. The van der Waals surface area contributed by atoms with Gasteiger partial charge in [0.15, 0.2) is 30.1 Å². The second-order valence-corrected chi connectivity index (χ2v) is 8.56. The summed E-state index contributed by atoms with van der Waals surface area (Å²) < 4.78 is 34.5. The number of carbonyl (C=O) groups is 1. The number of non-ortho nitro benzene ring substituents is 2. The molecule has 3 saturated heterocycles. The molecule has 3 aliphatic rings. The monoisotopic (exact) mass is 454 g/mol. The van der Waals surface area contributed by atoms with Crippen molar-refractivity contribution in [2.45, 2.75) is 70.0 Å². The van der Waals surface area contributed by atoms with E-state index in [0.717, 1.165) is 18.2 Å². The molecular weight excluding hydrogens is 432 g/mol. The highest BCUT2D eigenvalue weighted by molar-refractivity contribution is 5.91. The van der Waals surface area contributed by atoms with E-state index in [1.807, 2.05) is 0 Å². The predicted octanol–water partition coefficient (Wildman–Crippen LogP) is 2.06. The van der Waals surface area contributed by atoms with Crippen molar-refractivity contribution in [2.24, 2.45) is 0 Å². The number of nitrogens with zero attached hydrogens (tertiary/aromatic N) is 2. The van der Waals surface area contributed by atoms with E-state index in [2.05, 4.69) is 0 Å². The molecule has 0 saturated carbocycles. The van der Waals surface area contributed by atoms with E-state index < -0.39 is 69.5 Å². The van der Waals surface area contributed by atoms with Gasteiger partial charge in [-0.05, 0) is 27.7 Å². The average Bonchev–Trinajstić information content (AvgIpc) is 3.31. The van der Waals surface area contributed by atoms with Crippen molar-refractivity contribution in [1.29, 1.82) is 0 Å². The van der Waals surface area contributed by atoms with Crippen LogP contribution in [0.3, 0.4) is 0 Å². The number of esters is 1. The average molecular weight is 454 g/mol. The molecular formula is C19H22N2O11. The third kappa shape index (κ3) is 4.29. The summed E-state index contributed by atoms with van der Waals surface area (Å²) in [6, 6.07) is 2.58. The van der Waals surface area contributed by atoms with Crippen LogP contribution in [0.5, 0.6) is 0 Å². The fraction of sp³-hybridized carbons (Fsp3) is 0.632. The molecule has 0 spiro atoms. The molecule has 32 heavy (non-hydrogen) atoms. The Kier molecular flexibility index (Phi) is 5.41. The minimum Gasteiger partial charge on any atom is -0.453 e. The van der Waals surface area contributed by atoms with Gasteiger partial charge in [-0.25, -0.2) is 4.79 Å². The number of carbonyl (C=O) groups excluding carboxylic acids is 1. The Labute approximate surface area is 181 Å². The van der Waals surface area contributed by atoms with Gasteiger partial charge >= 0.3 is 5.97 Å². The summed E-state index contributed by atoms with van der Waals surface area (Å²) in [7, 11) is 0. The van der Waals surface area contributed by atoms with Gasteiger partial charge in [-0.15, -0.1) is 0 Å². The zero-order chi connectivity index (χ0) is 23.4. The van der Waals surface area contributed by atoms with E-state index in [-0.39, 0.29) is 12.2 Å². The third-order valence-corrected chi connectivity index (χ3v) is 5.23. The number of ether oxygens (including phenoxy) is 6. The molecule has 0 N–H and O–H groups in total. The molecule has 0 aliphatic carbocycles. The number of benzene rings is 1. The van der Waals surface area contributed by atoms with Crippen molar-refractivity contribution in [1.82, 2.24) is 0 Å². The number of rotatable bonds is 5. The molecule has 5 atom stereocenters. The second-order valence-electron chi connectivity index (χ2n) is 8.56. The van der Waals surface area contributed by atoms with E-state index in [4.69, 9.17) is 28.4 Å². The molecule has 0 amide bonds. The molecule has 3 aliphatic heterocycles. The second kappa shape index (κ2) is 7.71. The maximum Gasteiger partial charge on any atom is 0.339 e. The summed E-state index contributed by atoms with van der Waals surface area (Å²) in [5.41, 5.74) is -1.58. The minimum absolute atomic E-state index is 0.164. The Morgan fingerprint density at radius 3 is 2.12 bits per heavy atom. The van der Waals surface area contributed by atoms with Crippen LogP contribution in [-0.4, -0.2) is 64.7 Å². The molecule has 13 heteroatoms. The summed E-state index contributed by atoms with van der Waals surface area (Å²) >= 11 is 0. The van der Waals surface area contributed by atoms with Gasteiger partial charge in [-0.3, -0.25) is 20.2 Å². The largest absolute Gasteiger partial charge is 0.453 e. The summed E-state index contributed by atoms with van der Waals surface area (Å²) in [5, 5.41) is 22.3. The Morgan fingerprint density at radius 1 is 0.969 bits per heavy atom. The first-order valence-electron chi connectivity index (χ1n) is 9.83. The Bertz CT molecular complexity index is 930. The number of nitro benzene ring substituents is 2. The Balaban J connectivity index is 1.61. The van der Waals surface area contributed by atoms with Gasteiger partial charge in [0.25, 0.3) is 11.4 Å². The zero-order valence-electron chi connectivity index (χ0n) is 17.7. The van der Waals surface area contributed by atoms with E-state index in [9.17, 15) is 25.0 Å². The molecule has 1 aromatic carbocycles. The lowest BCUT2D eigenvalue weighted by Gasteiger charge is -2.28. The van der Waals surface area contributed by atoms with E-state index in [0.29, 0.717) is 0 Å². The van der Waals surface area contributed by atoms with Gasteiger partial charge in [-0.1, -0.05) is 0 Å². The van der Waals surface area contributed by atoms with Crippen molar-refractivity contribution in [2.75, 3.05) is 6.61 Å². The highest BCUT2D eigenvalue weighted by Crippen LogP contribution is 2.42. The number of nitro groups is 2. The van der Waals surface area contributed by atoms with Crippen LogP contribution < -0.4 is 0 Å². The first-order chi connectivity index (χ1) is 14.8. The smallest absolute Gasteiger partial charge is 0.339 e. The molecule has 0 radical (unpaired) electrons. The van der Waals surface area contributed by atoms with Gasteiger partial charge in [-0.2, -0.15) is 0 Å². The molecule has 13 nitrogen and oxygen atoms in total. The lowest BCUT2D eigenvalue weighted by Crippen LogP contribution is -2.45. The topological polar surface area (TPSA) is 159 Å². The van der Waals surface area contributed by atoms with Gasteiger partial charge in [0.05, 0.1) is 28.1 Å². The summed E-state index contributed by atoms with van der Waals surface area (Å²) in [4.78, 5) is 33.5. The maximum atomic E-state index is 12.9. The van der Waals surface area contributed by atoms with Crippen LogP contribution in [0, 0.1) is 20.2 Å². The lowest BCUT2D eigenvalue weighted by atomic mass is 10.1. The number of fused-ring (bicyclic) bond motifs is 1. The van der Waals surface area contributed by atoms with Crippen molar-refractivity contribution in [3.05, 3.63) is 44.0 Å². The maximum absolute atomic E-state index is 12.9. The van der Waals surface area contributed by atoms with Crippen LogP contribution in [0.1, 0.15) is 38.1 Å². The third-order valence-electron chi connectivity index (χ3n) is 5.23. The number of hydrogen-bond acceptors (Lipinski definition) is 11. The van der Waals surface area contributed by atoms with Crippen LogP contribution in [0.4, 0.5) is 11.4 Å². The first-order valence-corrected chi connectivity index (χ1v) is 9.83. The molecule has 3 fully saturated rings. The Morgan fingerprint density at radius 2 is 1.59 bits per heavy atom. The quantitative estimate of drug-likeness (QED) is 0.364. The first kappa shape index (κ1) is 22.5. The van der Waals surface area contributed by atoms with E-state index >= 15 is 0 Å². The fourth-order valence-electron chi connectivity index (χ4n) is 3.93. The number of hydrogen-bond donors (Lipinski definition) is 0. The molecule has 0 bridgehead atoms. The van der Waals surface area contributed by atoms with Crippen LogP contribution >= 0.6 is 0 Å². The molecule has 174 valence electrons. The van der Waals surface area contributed by atoms with Gasteiger partial charge in [0.1, 0.15) is 12.2 Å². The van der Waals surface area contributed by atoms with E-state index in [1.54, 1.807) is 27.7 Å². The highest BCUT2D eigenvalue weighted by Gasteiger charge is 2.60. The lowest BCUT2D eigenvalue weighted by molar-refractivity contribution is -0.394. The summed E-state index contributed by atoms with van der Waals surface area (Å²) in [6.45, 7) is 6.96. The van der Waals surface area contributed by atoms with E-state index in [1.165, 1.54) is 0 Å². The predicted molar refractivity (Wildman–Crippen MR) is 103 cm³/mol. The zero-order valence-corrected chi connectivity index (χ0v) is 17.7. The standard InChI is InChI=1S/C19H22N2O11/c1-18(2)27-8-12(30-18)13-14(15-17(29-13)32-19(3,4)31-15)28-16(22)9-5-10(20(23)24)7-11(6-9)21(25)26/h5-7,12-15,17H,8H2,1-4H3/t12?,13-,14+,15-,17-/m1/s1. The highest BCUT2D eigenvalue weighted by atomic mass is 16.9. The van der Waals surface area contributed by atoms with Gasteiger partial charge < -0.3 is 28.4 Å². The van der Waals surface area contributed by atoms with Crippen molar-refractivity contribution in [3.63, 3.8) is 0 Å². The SMILES string of the molecule is CC1(C)OCC([C@H]2O[C@@H]3OC(C)(C)O[C@@H]3[C@H]2OC(=O)c2cc([N+](=O)[O-])cc([N+](=O)[O-])c2)O1. The van der Waals surface area contributed by atoms with Crippen LogP contribution in [0.2, 0.25) is 0 Å².